The van der Waals surface area contributed by atoms with Crippen molar-refractivity contribution in [2.45, 2.75) is 39.7 Å². The molecular formula is C12H24N4O. The van der Waals surface area contributed by atoms with Crippen molar-refractivity contribution in [3.63, 3.8) is 0 Å². The molecule has 0 aromatic rings. The van der Waals surface area contributed by atoms with Gasteiger partial charge in [0.15, 0.2) is 5.96 Å². The van der Waals surface area contributed by atoms with Gasteiger partial charge in [0.05, 0.1) is 0 Å². The van der Waals surface area contributed by atoms with Crippen LogP contribution in [0.2, 0.25) is 0 Å². The highest BCUT2D eigenvalue weighted by atomic mass is 16.2. The van der Waals surface area contributed by atoms with Gasteiger partial charge in [-0.2, -0.15) is 0 Å². The first-order valence-corrected chi connectivity index (χ1v) is 6.43. The normalized spacial score (nSPS) is 15.9. The van der Waals surface area contributed by atoms with Gasteiger partial charge in [-0.25, -0.2) is 4.99 Å². The van der Waals surface area contributed by atoms with E-state index in [-0.39, 0.29) is 12.5 Å². The number of carbonyl (C=O) groups excluding carboxylic acids is 1. The van der Waals surface area contributed by atoms with Gasteiger partial charge in [-0.3, -0.25) is 4.79 Å². The second-order valence-electron chi connectivity index (χ2n) is 4.81. The molecule has 1 rings (SSSR count). The van der Waals surface area contributed by atoms with Gasteiger partial charge in [0.1, 0.15) is 6.54 Å². The Balaban J connectivity index is 2.29. The van der Waals surface area contributed by atoms with E-state index < -0.39 is 0 Å². The van der Waals surface area contributed by atoms with Gasteiger partial charge < -0.3 is 16.0 Å². The lowest BCUT2D eigenvalue weighted by molar-refractivity contribution is -0.119. The first-order valence-electron chi connectivity index (χ1n) is 6.43. The van der Waals surface area contributed by atoms with E-state index in [1.165, 1.54) is 0 Å². The number of amides is 1. The summed E-state index contributed by atoms with van der Waals surface area (Å²) in [6.45, 7) is 8.14. The molecule has 0 aromatic carbocycles. The molecule has 0 saturated heterocycles. The molecule has 1 aliphatic carbocycles. The molecule has 17 heavy (non-hydrogen) atoms. The van der Waals surface area contributed by atoms with Gasteiger partial charge in [-0.15, -0.1) is 0 Å². The van der Waals surface area contributed by atoms with Gasteiger partial charge in [-0.1, -0.05) is 13.8 Å². The quantitative estimate of drug-likeness (QED) is 0.467. The van der Waals surface area contributed by atoms with Crippen LogP contribution >= 0.6 is 0 Å². The average Bonchev–Trinajstić information content (AvgIpc) is 3.06. The number of guanidine groups is 1. The van der Waals surface area contributed by atoms with Crippen LogP contribution in [-0.2, 0) is 4.79 Å². The molecule has 5 nitrogen and oxygen atoms in total. The molecule has 1 saturated carbocycles. The molecule has 0 atom stereocenters. The summed E-state index contributed by atoms with van der Waals surface area (Å²) < 4.78 is 0. The summed E-state index contributed by atoms with van der Waals surface area (Å²) in [5, 5.41) is 9.24. The molecule has 1 fully saturated rings. The maximum atomic E-state index is 11.5. The first-order chi connectivity index (χ1) is 8.11. The number of hydrogen-bond donors (Lipinski definition) is 3. The standard InChI is InChI=1S/C12H24N4O/c1-4-13-12(14-7-9(2)3)15-8-11(17)16-10-5-6-10/h9-10H,4-8H2,1-3H3,(H,16,17)(H2,13,14,15). The largest absolute Gasteiger partial charge is 0.357 e. The predicted octanol–water partition coefficient (Wildman–Crippen LogP) is 0.476. The summed E-state index contributed by atoms with van der Waals surface area (Å²) >= 11 is 0. The van der Waals surface area contributed by atoms with E-state index in [1.54, 1.807) is 0 Å². The highest BCUT2D eigenvalue weighted by Crippen LogP contribution is 2.18. The minimum Gasteiger partial charge on any atom is -0.357 e. The molecule has 0 unspecified atom stereocenters. The molecule has 5 heteroatoms. The maximum absolute atomic E-state index is 11.5. The Hall–Kier alpha value is -1.26. The van der Waals surface area contributed by atoms with E-state index in [4.69, 9.17) is 0 Å². The van der Waals surface area contributed by atoms with Crippen LogP contribution in [0.15, 0.2) is 4.99 Å². The van der Waals surface area contributed by atoms with Crippen molar-refractivity contribution < 1.29 is 4.79 Å². The molecular weight excluding hydrogens is 216 g/mol. The average molecular weight is 240 g/mol. The van der Waals surface area contributed by atoms with Crippen molar-refractivity contribution in [1.29, 1.82) is 0 Å². The van der Waals surface area contributed by atoms with E-state index in [0.29, 0.717) is 17.9 Å². The Morgan fingerprint density at radius 2 is 2.06 bits per heavy atom. The summed E-state index contributed by atoms with van der Waals surface area (Å²) in [5.41, 5.74) is 0. The molecule has 3 N–H and O–H groups in total. The Morgan fingerprint density at radius 1 is 1.35 bits per heavy atom. The smallest absolute Gasteiger partial charge is 0.242 e. The summed E-state index contributed by atoms with van der Waals surface area (Å²) in [7, 11) is 0. The molecule has 0 bridgehead atoms. The van der Waals surface area contributed by atoms with Gasteiger partial charge in [0.2, 0.25) is 5.91 Å². The maximum Gasteiger partial charge on any atom is 0.242 e. The minimum absolute atomic E-state index is 0.00856. The highest BCUT2D eigenvalue weighted by Gasteiger charge is 2.22. The second kappa shape index (κ2) is 7.14. The molecule has 1 aliphatic rings. The van der Waals surface area contributed by atoms with Crippen molar-refractivity contribution >= 4 is 11.9 Å². The number of aliphatic imine (C=N–C) groups is 1. The lowest BCUT2D eigenvalue weighted by Gasteiger charge is -2.12. The number of carbonyl (C=O) groups is 1. The zero-order valence-electron chi connectivity index (χ0n) is 11.0. The highest BCUT2D eigenvalue weighted by molar-refractivity contribution is 5.85. The van der Waals surface area contributed by atoms with Gasteiger partial charge in [-0.05, 0) is 25.7 Å². The van der Waals surface area contributed by atoms with E-state index in [1.807, 2.05) is 6.92 Å². The monoisotopic (exact) mass is 240 g/mol. The Morgan fingerprint density at radius 3 is 2.59 bits per heavy atom. The minimum atomic E-state index is 0.00856. The Labute approximate surface area is 103 Å². The number of hydrogen-bond acceptors (Lipinski definition) is 2. The lowest BCUT2D eigenvalue weighted by atomic mass is 10.2. The van der Waals surface area contributed by atoms with Gasteiger partial charge in [0, 0.05) is 19.1 Å². The fraction of sp³-hybridized carbons (Fsp3) is 0.833. The fourth-order valence-electron chi connectivity index (χ4n) is 1.29. The predicted molar refractivity (Wildman–Crippen MR) is 70.0 cm³/mol. The molecule has 98 valence electrons. The zero-order valence-corrected chi connectivity index (χ0v) is 11.0. The molecule has 1 amide bonds. The number of nitrogens with one attached hydrogen (secondary N) is 3. The van der Waals surface area contributed by atoms with Crippen LogP contribution in [0, 0.1) is 5.92 Å². The molecule has 0 aromatic heterocycles. The van der Waals surface area contributed by atoms with Gasteiger partial charge in [0.25, 0.3) is 0 Å². The van der Waals surface area contributed by atoms with Crippen LogP contribution in [0.25, 0.3) is 0 Å². The Bertz CT molecular complexity index is 272. The number of rotatable bonds is 6. The van der Waals surface area contributed by atoms with Crippen molar-refractivity contribution in [2.75, 3.05) is 19.6 Å². The van der Waals surface area contributed by atoms with Crippen LogP contribution in [0.3, 0.4) is 0 Å². The van der Waals surface area contributed by atoms with E-state index in [2.05, 4.69) is 34.8 Å². The SMILES string of the molecule is CCNC(=NCC(=O)NC1CC1)NCC(C)C. The third-order valence-corrected chi connectivity index (χ3v) is 2.35. The van der Waals surface area contributed by atoms with E-state index in [9.17, 15) is 4.79 Å². The summed E-state index contributed by atoms with van der Waals surface area (Å²) in [4.78, 5) is 15.7. The summed E-state index contributed by atoms with van der Waals surface area (Å²) in [6, 6.07) is 0.406. The van der Waals surface area contributed by atoms with Crippen molar-refractivity contribution in [2.24, 2.45) is 10.9 Å². The third kappa shape index (κ3) is 6.81. The van der Waals surface area contributed by atoms with Crippen LogP contribution < -0.4 is 16.0 Å². The van der Waals surface area contributed by atoms with E-state index >= 15 is 0 Å². The van der Waals surface area contributed by atoms with Crippen LogP contribution in [-0.4, -0.2) is 37.5 Å². The van der Waals surface area contributed by atoms with Crippen LogP contribution in [0.4, 0.5) is 0 Å². The number of nitrogens with zero attached hydrogens (tertiary/aromatic N) is 1. The second-order valence-corrected chi connectivity index (χ2v) is 4.81. The lowest BCUT2D eigenvalue weighted by Crippen LogP contribution is -2.40. The molecule has 0 heterocycles. The van der Waals surface area contributed by atoms with Crippen LogP contribution in [0.5, 0.6) is 0 Å². The fourth-order valence-corrected chi connectivity index (χ4v) is 1.29. The zero-order chi connectivity index (χ0) is 12.7. The third-order valence-electron chi connectivity index (χ3n) is 2.35. The summed E-state index contributed by atoms with van der Waals surface area (Å²) in [6.07, 6.45) is 2.22. The van der Waals surface area contributed by atoms with E-state index in [0.717, 1.165) is 25.9 Å². The first kappa shape index (κ1) is 13.8. The van der Waals surface area contributed by atoms with Crippen LogP contribution in [0.1, 0.15) is 33.6 Å². The van der Waals surface area contributed by atoms with Gasteiger partial charge >= 0.3 is 0 Å². The van der Waals surface area contributed by atoms with Crippen molar-refractivity contribution in [1.82, 2.24) is 16.0 Å². The van der Waals surface area contributed by atoms with Crippen molar-refractivity contribution in [3.05, 3.63) is 0 Å². The molecule has 0 aliphatic heterocycles. The molecule has 0 spiro atoms. The Kier molecular flexibility index (Phi) is 5.80. The molecule has 0 radical (unpaired) electrons. The summed E-state index contributed by atoms with van der Waals surface area (Å²) in [5.74, 6) is 1.28. The van der Waals surface area contributed by atoms with Crippen molar-refractivity contribution in [3.8, 4) is 0 Å². The topological polar surface area (TPSA) is 65.5 Å².